The van der Waals surface area contributed by atoms with Gasteiger partial charge in [-0.25, -0.2) is 8.42 Å². The van der Waals surface area contributed by atoms with Crippen LogP contribution in [-0.2, 0) is 14.8 Å². The van der Waals surface area contributed by atoms with Crippen molar-refractivity contribution >= 4 is 15.9 Å². The first kappa shape index (κ1) is 13.6. The number of hydrogen-bond donors (Lipinski definition) is 1. The van der Waals surface area contributed by atoms with Crippen molar-refractivity contribution in [3.05, 3.63) is 35.4 Å². The average molecular weight is 293 g/mol. The van der Waals surface area contributed by atoms with Crippen LogP contribution >= 0.6 is 0 Å². The Morgan fingerprint density at radius 2 is 2.00 bits per heavy atom. The highest BCUT2D eigenvalue weighted by atomic mass is 32.2. The normalized spacial score (nSPS) is 25.2. The number of aryl methyl sites for hydroxylation is 1. The molecule has 1 aromatic rings. The Hall–Kier alpha value is -1.36. The largest absolute Gasteiger partial charge is 0.274 e. The predicted molar refractivity (Wildman–Crippen MR) is 76.7 cm³/mol. The van der Waals surface area contributed by atoms with E-state index in [0.717, 1.165) is 30.4 Å². The van der Waals surface area contributed by atoms with Gasteiger partial charge in [0, 0.05) is 5.92 Å². The van der Waals surface area contributed by atoms with Crippen molar-refractivity contribution in [1.82, 2.24) is 4.72 Å². The van der Waals surface area contributed by atoms with Crippen LogP contribution in [0.1, 0.15) is 36.3 Å². The summed E-state index contributed by atoms with van der Waals surface area (Å²) >= 11 is 0. The lowest BCUT2D eigenvalue weighted by molar-refractivity contribution is -0.120. The molecule has 0 bridgehead atoms. The minimum absolute atomic E-state index is 0.0977. The maximum Gasteiger partial charge on any atom is 0.237 e. The van der Waals surface area contributed by atoms with Crippen LogP contribution in [0, 0.1) is 18.8 Å². The molecule has 4 nitrogen and oxygen atoms in total. The van der Waals surface area contributed by atoms with Crippen molar-refractivity contribution in [2.75, 3.05) is 5.75 Å². The minimum atomic E-state index is -3.44. The maximum absolute atomic E-state index is 12.0. The van der Waals surface area contributed by atoms with Gasteiger partial charge in [0.2, 0.25) is 15.9 Å². The van der Waals surface area contributed by atoms with E-state index >= 15 is 0 Å². The standard InChI is InChI=1S/C15H19NO3S/c1-10-4-2-3-5-12(10)13-8-14(13)15(17)16-20(18,19)9-11-6-7-11/h2-5,11,13-14H,6-9H2,1H3,(H,16,17)/t13-,14+/m0/s1. The molecule has 20 heavy (non-hydrogen) atoms. The lowest BCUT2D eigenvalue weighted by Crippen LogP contribution is -2.34. The summed E-state index contributed by atoms with van der Waals surface area (Å²) in [7, 11) is -3.44. The minimum Gasteiger partial charge on any atom is -0.274 e. The molecule has 2 fully saturated rings. The average Bonchev–Trinajstić information content (AvgIpc) is 3.21. The van der Waals surface area contributed by atoms with Crippen molar-refractivity contribution in [3.8, 4) is 0 Å². The summed E-state index contributed by atoms with van der Waals surface area (Å²) in [5.74, 6) is 0.00324. The number of benzene rings is 1. The summed E-state index contributed by atoms with van der Waals surface area (Å²) in [5.41, 5.74) is 2.32. The van der Waals surface area contributed by atoms with Gasteiger partial charge in [-0.15, -0.1) is 0 Å². The molecule has 0 saturated heterocycles. The van der Waals surface area contributed by atoms with E-state index in [2.05, 4.69) is 4.72 Å². The monoisotopic (exact) mass is 293 g/mol. The number of hydrogen-bond acceptors (Lipinski definition) is 3. The summed E-state index contributed by atoms with van der Waals surface area (Å²) in [5, 5.41) is 0. The van der Waals surface area contributed by atoms with Crippen LogP contribution in [-0.4, -0.2) is 20.1 Å². The van der Waals surface area contributed by atoms with Crippen molar-refractivity contribution in [2.24, 2.45) is 11.8 Å². The van der Waals surface area contributed by atoms with Crippen LogP contribution < -0.4 is 4.72 Å². The molecule has 5 heteroatoms. The topological polar surface area (TPSA) is 63.2 Å². The first-order chi connectivity index (χ1) is 9.46. The molecule has 1 aromatic carbocycles. The Kier molecular flexibility index (Phi) is 3.32. The molecule has 0 unspecified atom stereocenters. The molecular formula is C15H19NO3S. The van der Waals surface area contributed by atoms with E-state index in [9.17, 15) is 13.2 Å². The summed E-state index contributed by atoms with van der Waals surface area (Å²) in [6.45, 7) is 2.02. The van der Waals surface area contributed by atoms with Gasteiger partial charge in [-0.1, -0.05) is 24.3 Å². The molecule has 3 rings (SSSR count). The van der Waals surface area contributed by atoms with Gasteiger partial charge in [-0.3, -0.25) is 9.52 Å². The third-order valence-corrected chi connectivity index (χ3v) is 5.55. The van der Waals surface area contributed by atoms with Crippen LogP contribution in [0.3, 0.4) is 0 Å². The van der Waals surface area contributed by atoms with Crippen LogP contribution in [0.15, 0.2) is 24.3 Å². The van der Waals surface area contributed by atoms with Gasteiger partial charge in [0.15, 0.2) is 0 Å². The SMILES string of the molecule is Cc1ccccc1[C@@H]1C[C@H]1C(=O)NS(=O)(=O)CC1CC1. The first-order valence-electron chi connectivity index (χ1n) is 7.06. The molecule has 2 aliphatic carbocycles. The van der Waals surface area contributed by atoms with Crippen molar-refractivity contribution < 1.29 is 13.2 Å². The van der Waals surface area contributed by atoms with Crippen LogP contribution in [0.5, 0.6) is 0 Å². The quantitative estimate of drug-likeness (QED) is 0.902. The molecule has 2 saturated carbocycles. The second-order valence-electron chi connectivity index (χ2n) is 6.00. The predicted octanol–water partition coefficient (Wildman–Crippen LogP) is 1.95. The Balaban J connectivity index is 1.61. The van der Waals surface area contributed by atoms with Gasteiger partial charge in [-0.2, -0.15) is 0 Å². The zero-order chi connectivity index (χ0) is 14.3. The molecule has 1 amide bonds. The summed E-state index contributed by atoms with van der Waals surface area (Å²) < 4.78 is 25.8. The van der Waals surface area contributed by atoms with Crippen LogP contribution in [0.2, 0.25) is 0 Å². The molecule has 1 N–H and O–H groups in total. The summed E-state index contributed by atoms with van der Waals surface area (Å²) in [4.78, 5) is 12.0. The second kappa shape index (κ2) is 4.88. The van der Waals surface area contributed by atoms with E-state index in [1.165, 1.54) is 0 Å². The molecule has 0 aliphatic heterocycles. The highest BCUT2D eigenvalue weighted by Crippen LogP contribution is 2.48. The van der Waals surface area contributed by atoms with Crippen molar-refractivity contribution in [3.63, 3.8) is 0 Å². The Morgan fingerprint density at radius 3 is 2.65 bits per heavy atom. The van der Waals surface area contributed by atoms with E-state index in [1.54, 1.807) is 0 Å². The molecule has 108 valence electrons. The van der Waals surface area contributed by atoms with Gasteiger partial charge < -0.3 is 0 Å². The van der Waals surface area contributed by atoms with Gasteiger partial charge in [0.25, 0.3) is 0 Å². The van der Waals surface area contributed by atoms with E-state index in [-0.39, 0.29) is 29.4 Å². The third kappa shape index (κ3) is 3.03. The number of amides is 1. The summed E-state index contributed by atoms with van der Waals surface area (Å²) in [6, 6.07) is 7.97. The Bertz CT molecular complexity index is 634. The van der Waals surface area contributed by atoms with Gasteiger partial charge >= 0.3 is 0 Å². The third-order valence-electron chi connectivity index (χ3n) is 4.12. The molecular weight excluding hydrogens is 274 g/mol. The number of sulfonamides is 1. The van der Waals surface area contributed by atoms with E-state index < -0.39 is 10.0 Å². The van der Waals surface area contributed by atoms with E-state index in [1.807, 2.05) is 31.2 Å². The number of carbonyl (C=O) groups is 1. The lowest BCUT2D eigenvalue weighted by atomic mass is 10.0. The zero-order valence-corrected chi connectivity index (χ0v) is 12.3. The van der Waals surface area contributed by atoms with Crippen LogP contribution in [0.25, 0.3) is 0 Å². The second-order valence-corrected chi connectivity index (χ2v) is 7.76. The highest BCUT2D eigenvalue weighted by molar-refractivity contribution is 7.90. The highest BCUT2D eigenvalue weighted by Gasteiger charge is 2.45. The number of rotatable bonds is 5. The molecule has 2 atom stereocenters. The molecule has 2 aliphatic rings. The van der Waals surface area contributed by atoms with E-state index in [0.29, 0.717) is 0 Å². The van der Waals surface area contributed by atoms with Gasteiger partial charge in [0.1, 0.15) is 0 Å². The van der Waals surface area contributed by atoms with Crippen LogP contribution in [0.4, 0.5) is 0 Å². The summed E-state index contributed by atoms with van der Waals surface area (Å²) in [6.07, 6.45) is 2.67. The van der Waals surface area contributed by atoms with Crippen molar-refractivity contribution in [2.45, 2.75) is 32.1 Å². The Labute approximate surface area is 119 Å². The molecule has 0 spiro atoms. The number of nitrogens with one attached hydrogen (secondary N) is 1. The fourth-order valence-corrected chi connectivity index (χ4v) is 4.19. The lowest BCUT2D eigenvalue weighted by Gasteiger charge is -2.07. The molecule has 0 radical (unpaired) electrons. The first-order valence-corrected chi connectivity index (χ1v) is 8.71. The molecule has 0 aromatic heterocycles. The maximum atomic E-state index is 12.0. The smallest absolute Gasteiger partial charge is 0.237 e. The molecule has 0 heterocycles. The fraction of sp³-hybridized carbons (Fsp3) is 0.533. The van der Waals surface area contributed by atoms with E-state index in [4.69, 9.17) is 0 Å². The fourth-order valence-electron chi connectivity index (χ4n) is 2.70. The number of carbonyl (C=O) groups excluding carboxylic acids is 1. The Morgan fingerprint density at radius 1 is 1.30 bits per heavy atom. The van der Waals surface area contributed by atoms with Gasteiger partial charge in [-0.05, 0) is 49.1 Å². The van der Waals surface area contributed by atoms with Crippen molar-refractivity contribution in [1.29, 1.82) is 0 Å². The van der Waals surface area contributed by atoms with Gasteiger partial charge in [0.05, 0.1) is 5.75 Å². The zero-order valence-electron chi connectivity index (χ0n) is 11.5.